The van der Waals surface area contributed by atoms with Crippen molar-refractivity contribution >= 4 is 11.6 Å². The van der Waals surface area contributed by atoms with Crippen molar-refractivity contribution in [2.45, 2.75) is 31.8 Å². The van der Waals surface area contributed by atoms with Crippen LogP contribution in [0.25, 0.3) is 0 Å². The number of guanidine groups is 1. The first-order chi connectivity index (χ1) is 9.61. The highest BCUT2D eigenvalue weighted by molar-refractivity contribution is 5.93. The molecular formula is C15H24N4O. The monoisotopic (exact) mass is 276 g/mol. The average Bonchev–Trinajstić information content (AvgIpc) is 3.29. The minimum absolute atomic E-state index is 0.403. The number of hydrogen-bond acceptors (Lipinski definition) is 3. The first-order valence-electron chi connectivity index (χ1n) is 7.03. The summed E-state index contributed by atoms with van der Waals surface area (Å²) in [6.45, 7) is 2.87. The van der Waals surface area contributed by atoms with E-state index in [2.05, 4.69) is 29.2 Å². The normalized spacial score (nSPS) is 17.1. The summed E-state index contributed by atoms with van der Waals surface area (Å²) in [6.07, 6.45) is 2.61. The summed E-state index contributed by atoms with van der Waals surface area (Å²) >= 11 is 0. The number of nitrogens with one attached hydrogen (secondary N) is 1. The fourth-order valence-corrected chi connectivity index (χ4v) is 2.13. The maximum absolute atomic E-state index is 5.93. The molecule has 0 amide bonds. The molecule has 2 rings (SSSR count). The number of methoxy groups -OCH3 is 1. The number of rotatable bonds is 6. The smallest absolute Gasteiger partial charge is 0.193 e. The van der Waals surface area contributed by atoms with Crippen LogP contribution in [0.4, 0.5) is 5.69 Å². The molecule has 5 heteroatoms. The fraction of sp³-hybridized carbons (Fsp3) is 0.533. The molecule has 1 atom stereocenters. The van der Waals surface area contributed by atoms with Crippen molar-refractivity contribution in [1.82, 2.24) is 4.90 Å². The van der Waals surface area contributed by atoms with Crippen LogP contribution in [-0.4, -0.2) is 43.6 Å². The summed E-state index contributed by atoms with van der Waals surface area (Å²) < 4.78 is 5.27. The van der Waals surface area contributed by atoms with Gasteiger partial charge in [-0.15, -0.1) is 0 Å². The minimum Gasteiger partial charge on any atom is -0.495 e. The van der Waals surface area contributed by atoms with Gasteiger partial charge in [-0.2, -0.15) is 0 Å². The van der Waals surface area contributed by atoms with E-state index in [-0.39, 0.29) is 0 Å². The SMILES string of the molecule is COc1ccccc1NC(N)=NCC(C)N(C)C1CC1. The molecule has 1 aromatic carbocycles. The average molecular weight is 276 g/mol. The van der Waals surface area contributed by atoms with E-state index in [9.17, 15) is 0 Å². The lowest BCUT2D eigenvalue weighted by molar-refractivity contribution is 0.253. The van der Waals surface area contributed by atoms with Crippen molar-refractivity contribution in [1.29, 1.82) is 0 Å². The third-order valence-corrected chi connectivity index (χ3v) is 3.71. The third kappa shape index (κ3) is 3.87. The number of nitrogens with zero attached hydrogens (tertiary/aromatic N) is 2. The van der Waals surface area contributed by atoms with Gasteiger partial charge in [-0.3, -0.25) is 9.89 Å². The van der Waals surface area contributed by atoms with Crippen molar-refractivity contribution in [2.75, 3.05) is 26.0 Å². The lowest BCUT2D eigenvalue weighted by Crippen LogP contribution is -2.34. The van der Waals surface area contributed by atoms with Gasteiger partial charge in [0.1, 0.15) is 5.75 Å². The second-order valence-electron chi connectivity index (χ2n) is 5.30. The van der Waals surface area contributed by atoms with Crippen LogP contribution in [0.2, 0.25) is 0 Å². The zero-order valence-electron chi connectivity index (χ0n) is 12.5. The standard InChI is InChI=1S/C15H24N4O/c1-11(19(2)12-8-9-12)10-17-15(16)18-13-6-4-5-7-14(13)20-3/h4-7,11-12H,8-10H2,1-3H3,(H3,16,17,18). The molecule has 1 aliphatic rings. The Bertz CT molecular complexity index is 471. The van der Waals surface area contributed by atoms with Crippen molar-refractivity contribution in [3.63, 3.8) is 0 Å². The second-order valence-corrected chi connectivity index (χ2v) is 5.30. The molecule has 1 saturated carbocycles. The van der Waals surface area contributed by atoms with Gasteiger partial charge in [-0.1, -0.05) is 12.1 Å². The summed E-state index contributed by atoms with van der Waals surface area (Å²) in [6, 6.07) is 8.80. The van der Waals surface area contributed by atoms with Crippen LogP contribution in [0, 0.1) is 0 Å². The number of para-hydroxylation sites is 2. The zero-order valence-corrected chi connectivity index (χ0v) is 12.5. The highest BCUT2D eigenvalue weighted by atomic mass is 16.5. The van der Waals surface area contributed by atoms with E-state index < -0.39 is 0 Å². The van der Waals surface area contributed by atoms with Gasteiger partial charge in [0, 0.05) is 12.1 Å². The number of likely N-dealkylation sites (N-methyl/N-ethyl adjacent to an activating group) is 1. The van der Waals surface area contributed by atoms with E-state index in [1.54, 1.807) is 7.11 Å². The van der Waals surface area contributed by atoms with Gasteiger partial charge in [-0.25, -0.2) is 0 Å². The molecular weight excluding hydrogens is 252 g/mol. The first kappa shape index (κ1) is 14.7. The molecule has 0 bridgehead atoms. The predicted octanol–water partition coefficient (Wildman–Crippen LogP) is 1.90. The number of anilines is 1. The molecule has 110 valence electrons. The van der Waals surface area contributed by atoms with Crippen LogP contribution in [0.1, 0.15) is 19.8 Å². The van der Waals surface area contributed by atoms with Crippen molar-refractivity contribution in [3.8, 4) is 5.75 Å². The largest absolute Gasteiger partial charge is 0.495 e. The Morgan fingerprint density at radius 1 is 1.50 bits per heavy atom. The number of aliphatic imine (C=N–C) groups is 1. The summed E-state index contributed by atoms with van der Waals surface area (Å²) in [7, 11) is 3.79. The minimum atomic E-state index is 0.403. The molecule has 20 heavy (non-hydrogen) atoms. The Kier molecular flexibility index (Phi) is 4.84. The lowest BCUT2D eigenvalue weighted by Gasteiger charge is -2.22. The summed E-state index contributed by atoms with van der Waals surface area (Å²) in [5.41, 5.74) is 6.77. The highest BCUT2D eigenvalue weighted by Gasteiger charge is 2.28. The molecule has 1 unspecified atom stereocenters. The predicted molar refractivity (Wildman–Crippen MR) is 83.4 cm³/mol. The topological polar surface area (TPSA) is 62.9 Å². The van der Waals surface area contributed by atoms with E-state index >= 15 is 0 Å². The van der Waals surface area contributed by atoms with Crippen molar-refractivity contribution in [3.05, 3.63) is 24.3 Å². The van der Waals surface area contributed by atoms with Crippen LogP contribution in [0.5, 0.6) is 5.75 Å². The van der Waals surface area contributed by atoms with Crippen LogP contribution in [0.15, 0.2) is 29.3 Å². The van der Waals surface area contributed by atoms with Gasteiger partial charge < -0.3 is 15.8 Å². The van der Waals surface area contributed by atoms with E-state index in [4.69, 9.17) is 10.5 Å². The van der Waals surface area contributed by atoms with Gasteiger partial charge in [0.05, 0.1) is 19.3 Å². The van der Waals surface area contributed by atoms with E-state index in [1.165, 1.54) is 12.8 Å². The van der Waals surface area contributed by atoms with Gasteiger partial charge in [-0.05, 0) is 38.9 Å². The van der Waals surface area contributed by atoms with E-state index in [1.807, 2.05) is 24.3 Å². The molecule has 3 N–H and O–H groups in total. The van der Waals surface area contributed by atoms with Crippen LogP contribution in [-0.2, 0) is 0 Å². The Morgan fingerprint density at radius 2 is 2.20 bits per heavy atom. The van der Waals surface area contributed by atoms with Crippen molar-refractivity contribution in [2.24, 2.45) is 10.7 Å². The molecule has 0 saturated heterocycles. The van der Waals surface area contributed by atoms with E-state index in [0.29, 0.717) is 18.5 Å². The zero-order chi connectivity index (χ0) is 14.5. The molecule has 0 spiro atoms. The number of ether oxygens (including phenoxy) is 1. The molecule has 0 aromatic heterocycles. The Hall–Kier alpha value is -1.75. The molecule has 5 nitrogen and oxygen atoms in total. The number of nitrogens with two attached hydrogens (primary N) is 1. The number of benzene rings is 1. The molecule has 1 aliphatic carbocycles. The molecule has 1 aromatic rings. The van der Waals surface area contributed by atoms with Gasteiger partial charge in [0.2, 0.25) is 0 Å². The van der Waals surface area contributed by atoms with Gasteiger partial charge in [0.15, 0.2) is 5.96 Å². The van der Waals surface area contributed by atoms with Gasteiger partial charge >= 0.3 is 0 Å². The molecule has 0 radical (unpaired) electrons. The first-order valence-corrected chi connectivity index (χ1v) is 7.03. The van der Waals surface area contributed by atoms with Crippen LogP contribution >= 0.6 is 0 Å². The Labute approximate surface area is 120 Å². The molecule has 1 fully saturated rings. The highest BCUT2D eigenvalue weighted by Crippen LogP contribution is 2.27. The van der Waals surface area contributed by atoms with Crippen LogP contribution in [0.3, 0.4) is 0 Å². The third-order valence-electron chi connectivity index (χ3n) is 3.71. The molecule has 0 heterocycles. The van der Waals surface area contributed by atoms with Crippen LogP contribution < -0.4 is 15.8 Å². The van der Waals surface area contributed by atoms with E-state index in [0.717, 1.165) is 17.5 Å². The summed E-state index contributed by atoms with van der Waals surface area (Å²) in [5.74, 6) is 1.18. The van der Waals surface area contributed by atoms with Gasteiger partial charge in [0.25, 0.3) is 0 Å². The quantitative estimate of drug-likeness (QED) is 0.615. The summed E-state index contributed by atoms with van der Waals surface area (Å²) in [4.78, 5) is 6.79. The second kappa shape index (κ2) is 6.61. The maximum atomic E-state index is 5.93. The Balaban J connectivity index is 1.90. The molecule has 0 aliphatic heterocycles. The van der Waals surface area contributed by atoms with Crippen molar-refractivity contribution < 1.29 is 4.74 Å². The maximum Gasteiger partial charge on any atom is 0.193 e. The summed E-state index contributed by atoms with van der Waals surface area (Å²) in [5, 5.41) is 3.08. The number of hydrogen-bond donors (Lipinski definition) is 2. The fourth-order valence-electron chi connectivity index (χ4n) is 2.13. The Morgan fingerprint density at radius 3 is 2.85 bits per heavy atom. The lowest BCUT2D eigenvalue weighted by atomic mass is 10.3.